The SMILES string of the molecule is COc1c(O)c(C)c2c(c1O)C(=O)c1ccc(O)cc1C2=O. The number of hydrogen-bond donors (Lipinski definition) is 3. The van der Waals surface area contributed by atoms with Crippen LogP contribution in [0.2, 0.25) is 0 Å². The summed E-state index contributed by atoms with van der Waals surface area (Å²) in [5.74, 6) is -2.49. The zero-order chi connectivity index (χ0) is 16.2. The summed E-state index contributed by atoms with van der Waals surface area (Å²) in [4.78, 5) is 25.2. The molecule has 0 aromatic heterocycles. The van der Waals surface area contributed by atoms with Gasteiger partial charge in [0.2, 0.25) is 5.75 Å². The van der Waals surface area contributed by atoms with Gasteiger partial charge in [0.05, 0.1) is 12.7 Å². The first kappa shape index (κ1) is 13.9. The Bertz CT molecular complexity index is 850. The average Bonchev–Trinajstić information content (AvgIpc) is 2.49. The highest BCUT2D eigenvalue weighted by molar-refractivity contribution is 6.30. The van der Waals surface area contributed by atoms with Gasteiger partial charge in [-0.2, -0.15) is 0 Å². The van der Waals surface area contributed by atoms with E-state index in [1.165, 1.54) is 32.2 Å². The van der Waals surface area contributed by atoms with Crippen LogP contribution in [0.15, 0.2) is 18.2 Å². The van der Waals surface area contributed by atoms with Gasteiger partial charge in [-0.3, -0.25) is 9.59 Å². The molecule has 22 heavy (non-hydrogen) atoms. The van der Waals surface area contributed by atoms with Crippen molar-refractivity contribution in [3.8, 4) is 23.0 Å². The number of hydrogen-bond acceptors (Lipinski definition) is 6. The fraction of sp³-hybridized carbons (Fsp3) is 0.125. The molecule has 3 rings (SSSR count). The first-order valence-electron chi connectivity index (χ1n) is 6.43. The molecule has 0 radical (unpaired) electrons. The number of ether oxygens (including phenoxy) is 1. The van der Waals surface area contributed by atoms with E-state index in [2.05, 4.69) is 0 Å². The first-order chi connectivity index (χ1) is 10.4. The number of carbonyl (C=O) groups excluding carboxylic acids is 2. The van der Waals surface area contributed by atoms with Crippen molar-refractivity contribution in [1.29, 1.82) is 0 Å². The highest BCUT2D eigenvalue weighted by Gasteiger charge is 2.37. The Balaban J connectivity index is 2.42. The van der Waals surface area contributed by atoms with Gasteiger partial charge >= 0.3 is 0 Å². The van der Waals surface area contributed by atoms with E-state index in [0.29, 0.717) is 0 Å². The topological polar surface area (TPSA) is 104 Å². The maximum atomic E-state index is 12.6. The zero-order valence-electron chi connectivity index (χ0n) is 11.8. The fourth-order valence-corrected chi connectivity index (χ4v) is 2.71. The van der Waals surface area contributed by atoms with Gasteiger partial charge in [0, 0.05) is 22.3 Å². The number of rotatable bonds is 1. The Morgan fingerprint density at radius 2 is 1.55 bits per heavy atom. The Labute approximate surface area is 125 Å². The van der Waals surface area contributed by atoms with Crippen molar-refractivity contribution in [3.63, 3.8) is 0 Å². The van der Waals surface area contributed by atoms with E-state index < -0.39 is 23.1 Å². The van der Waals surface area contributed by atoms with Gasteiger partial charge in [0.1, 0.15) is 5.75 Å². The minimum Gasteiger partial charge on any atom is -0.508 e. The number of aromatic hydroxyl groups is 3. The van der Waals surface area contributed by atoms with Crippen LogP contribution in [0.1, 0.15) is 37.4 Å². The van der Waals surface area contributed by atoms with Crippen LogP contribution in [0, 0.1) is 6.92 Å². The number of benzene rings is 2. The van der Waals surface area contributed by atoms with Crippen molar-refractivity contribution >= 4 is 11.6 Å². The number of fused-ring (bicyclic) bond motifs is 2. The summed E-state index contributed by atoms with van der Waals surface area (Å²) in [5.41, 5.74) is -0.0338. The highest BCUT2D eigenvalue weighted by atomic mass is 16.5. The summed E-state index contributed by atoms with van der Waals surface area (Å²) in [6.45, 7) is 1.45. The molecule has 0 aliphatic heterocycles. The van der Waals surface area contributed by atoms with E-state index in [0.717, 1.165) is 0 Å². The van der Waals surface area contributed by atoms with Crippen LogP contribution in [-0.4, -0.2) is 34.0 Å². The standard InChI is InChI=1S/C16H12O6/c1-6-10-11(15(21)16(22-2)12(6)18)13(19)8-4-3-7(17)5-9(8)14(10)20/h3-5,17-18,21H,1-2H3. The fourth-order valence-electron chi connectivity index (χ4n) is 2.71. The number of carbonyl (C=O) groups is 2. The summed E-state index contributed by atoms with van der Waals surface area (Å²) >= 11 is 0. The lowest BCUT2D eigenvalue weighted by molar-refractivity contribution is 0.0974. The van der Waals surface area contributed by atoms with Gasteiger partial charge in [-0.15, -0.1) is 0 Å². The molecule has 6 nitrogen and oxygen atoms in total. The molecular weight excluding hydrogens is 288 g/mol. The molecule has 0 amide bonds. The molecular formula is C16H12O6. The second-order valence-electron chi connectivity index (χ2n) is 4.99. The van der Waals surface area contributed by atoms with Crippen molar-refractivity contribution < 1.29 is 29.6 Å². The Kier molecular flexibility index (Phi) is 2.84. The van der Waals surface area contributed by atoms with Crippen molar-refractivity contribution in [2.24, 2.45) is 0 Å². The molecule has 2 aromatic rings. The molecule has 2 aromatic carbocycles. The molecule has 0 heterocycles. The Morgan fingerprint density at radius 1 is 0.909 bits per heavy atom. The molecule has 6 heteroatoms. The van der Waals surface area contributed by atoms with Crippen LogP contribution in [0.5, 0.6) is 23.0 Å². The third kappa shape index (κ3) is 1.60. The highest BCUT2D eigenvalue weighted by Crippen LogP contribution is 2.47. The average molecular weight is 300 g/mol. The van der Waals surface area contributed by atoms with Gasteiger partial charge < -0.3 is 20.1 Å². The lowest BCUT2D eigenvalue weighted by Crippen LogP contribution is -2.22. The monoisotopic (exact) mass is 300 g/mol. The molecule has 0 fully saturated rings. The summed E-state index contributed by atoms with van der Waals surface area (Å²) in [6.07, 6.45) is 0. The molecule has 0 unspecified atom stereocenters. The Hall–Kier alpha value is -3.02. The predicted octanol–water partition coefficient (Wildman–Crippen LogP) is 1.90. The lowest BCUT2D eigenvalue weighted by Gasteiger charge is -2.22. The quantitative estimate of drug-likeness (QED) is 0.634. The number of ketones is 2. The van der Waals surface area contributed by atoms with E-state index in [1.54, 1.807) is 0 Å². The number of phenols is 3. The molecule has 1 aliphatic rings. The summed E-state index contributed by atoms with van der Waals surface area (Å²) in [7, 11) is 1.24. The van der Waals surface area contributed by atoms with Crippen molar-refractivity contribution in [2.75, 3.05) is 7.11 Å². The minimum absolute atomic E-state index is 0.0320. The summed E-state index contributed by atoms with van der Waals surface area (Å²) < 4.78 is 4.91. The molecule has 0 spiro atoms. The van der Waals surface area contributed by atoms with Gasteiger partial charge in [0.15, 0.2) is 23.1 Å². The van der Waals surface area contributed by atoms with Crippen molar-refractivity contribution in [2.45, 2.75) is 6.92 Å². The number of methoxy groups -OCH3 is 1. The second kappa shape index (κ2) is 4.49. The maximum Gasteiger partial charge on any atom is 0.203 e. The van der Waals surface area contributed by atoms with Crippen molar-refractivity contribution in [3.05, 3.63) is 46.0 Å². The van der Waals surface area contributed by atoms with E-state index in [1.807, 2.05) is 0 Å². The van der Waals surface area contributed by atoms with Gasteiger partial charge in [-0.25, -0.2) is 0 Å². The molecule has 0 bridgehead atoms. The smallest absolute Gasteiger partial charge is 0.203 e. The largest absolute Gasteiger partial charge is 0.508 e. The van der Waals surface area contributed by atoms with E-state index in [-0.39, 0.29) is 39.3 Å². The van der Waals surface area contributed by atoms with Crippen LogP contribution in [0.25, 0.3) is 0 Å². The Morgan fingerprint density at radius 3 is 2.18 bits per heavy atom. The second-order valence-corrected chi connectivity index (χ2v) is 4.99. The first-order valence-corrected chi connectivity index (χ1v) is 6.43. The normalized spacial score (nSPS) is 12.8. The van der Waals surface area contributed by atoms with Crippen LogP contribution < -0.4 is 4.74 Å². The van der Waals surface area contributed by atoms with Crippen LogP contribution in [-0.2, 0) is 0 Å². The van der Waals surface area contributed by atoms with Crippen LogP contribution >= 0.6 is 0 Å². The van der Waals surface area contributed by atoms with E-state index >= 15 is 0 Å². The van der Waals surface area contributed by atoms with Gasteiger partial charge in [-0.05, 0) is 25.1 Å². The van der Waals surface area contributed by atoms with Crippen LogP contribution in [0.4, 0.5) is 0 Å². The minimum atomic E-state index is -0.572. The van der Waals surface area contributed by atoms with Gasteiger partial charge in [-0.1, -0.05) is 0 Å². The number of phenolic OH excluding ortho intramolecular Hbond substituents is 3. The molecule has 0 saturated carbocycles. The lowest BCUT2D eigenvalue weighted by atomic mass is 9.81. The van der Waals surface area contributed by atoms with E-state index in [9.17, 15) is 24.9 Å². The molecule has 3 N–H and O–H groups in total. The predicted molar refractivity (Wildman–Crippen MR) is 76.0 cm³/mol. The summed E-state index contributed by atoms with van der Waals surface area (Å²) in [5, 5.41) is 29.8. The van der Waals surface area contributed by atoms with E-state index in [4.69, 9.17) is 4.74 Å². The van der Waals surface area contributed by atoms with Crippen molar-refractivity contribution in [1.82, 2.24) is 0 Å². The van der Waals surface area contributed by atoms with Crippen LogP contribution in [0.3, 0.4) is 0 Å². The maximum absolute atomic E-state index is 12.6. The molecule has 0 saturated heterocycles. The molecule has 112 valence electrons. The zero-order valence-corrected chi connectivity index (χ0v) is 11.8. The third-order valence-corrected chi connectivity index (χ3v) is 3.80. The summed E-state index contributed by atoms with van der Waals surface area (Å²) in [6, 6.07) is 3.80. The molecule has 0 atom stereocenters. The molecule has 1 aliphatic carbocycles. The van der Waals surface area contributed by atoms with Gasteiger partial charge in [0.25, 0.3) is 0 Å². The third-order valence-electron chi connectivity index (χ3n) is 3.80.